The molecule has 0 saturated heterocycles. The van der Waals surface area contributed by atoms with E-state index in [1.54, 1.807) is 0 Å². The van der Waals surface area contributed by atoms with Crippen LogP contribution in [0.1, 0.15) is 290 Å². The van der Waals surface area contributed by atoms with Gasteiger partial charge in [0.25, 0.3) is 0 Å². The van der Waals surface area contributed by atoms with Gasteiger partial charge in [0, 0.05) is 12.8 Å². The molecule has 0 aliphatic rings. The molecule has 9 nitrogen and oxygen atoms in total. The number of likely N-dealkylation sites (N-methyl/N-ethyl adjacent to an activating group) is 1. The molecule has 0 aliphatic carbocycles. The number of esters is 2. The fourth-order valence-corrected chi connectivity index (χ4v) is 8.95. The molecule has 74 heavy (non-hydrogen) atoms. The largest absolute Gasteiger partial charge is 0.545 e. The molecule has 0 spiro atoms. The molecule has 0 bridgehead atoms. The van der Waals surface area contributed by atoms with Crippen LogP contribution in [0.3, 0.4) is 0 Å². The summed E-state index contributed by atoms with van der Waals surface area (Å²) in [6.07, 6.45) is 67.7. The molecule has 0 aliphatic heterocycles. The van der Waals surface area contributed by atoms with Crippen molar-refractivity contribution >= 4 is 17.9 Å². The summed E-state index contributed by atoms with van der Waals surface area (Å²) in [5.74, 6) is -2.28. The fraction of sp³-hybridized carbons (Fsp3) is 0.831. The number of hydrogen-bond donors (Lipinski definition) is 0. The van der Waals surface area contributed by atoms with E-state index < -0.39 is 24.3 Å². The van der Waals surface area contributed by atoms with Crippen LogP contribution in [0.2, 0.25) is 0 Å². The Balaban J connectivity index is 3.97. The molecule has 0 N–H and O–H groups in total. The number of nitrogens with zero attached hydrogens (tertiary/aromatic N) is 1. The first kappa shape index (κ1) is 71.2. The van der Waals surface area contributed by atoms with Crippen LogP contribution < -0.4 is 5.11 Å². The van der Waals surface area contributed by atoms with Gasteiger partial charge in [-0.15, -0.1) is 0 Å². The summed E-state index contributed by atoms with van der Waals surface area (Å²) in [5.41, 5.74) is 0. The van der Waals surface area contributed by atoms with Crippen molar-refractivity contribution in [3.05, 3.63) is 48.6 Å². The van der Waals surface area contributed by atoms with Gasteiger partial charge < -0.3 is 33.3 Å². The van der Waals surface area contributed by atoms with Crippen molar-refractivity contribution in [3.8, 4) is 0 Å². The van der Waals surface area contributed by atoms with Gasteiger partial charge in [-0.3, -0.25) is 9.59 Å². The van der Waals surface area contributed by atoms with E-state index in [9.17, 15) is 19.5 Å². The van der Waals surface area contributed by atoms with Crippen LogP contribution >= 0.6 is 0 Å². The van der Waals surface area contributed by atoms with E-state index in [0.717, 1.165) is 64.2 Å². The summed E-state index contributed by atoms with van der Waals surface area (Å²) >= 11 is 0. The summed E-state index contributed by atoms with van der Waals surface area (Å²) in [7, 11) is 5.92. The van der Waals surface area contributed by atoms with Crippen LogP contribution in [-0.2, 0) is 33.3 Å². The van der Waals surface area contributed by atoms with E-state index in [2.05, 4.69) is 62.5 Å². The zero-order valence-corrected chi connectivity index (χ0v) is 49.2. The highest BCUT2D eigenvalue weighted by molar-refractivity contribution is 5.70. The number of carboxylic acids is 1. The highest BCUT2D eigenvalue weighted by atomic mass is 16.7. The Morgan fingerprint density at radius 3 is 1.12 bits per heavy atom. The van der Waals surface area contributed by atoms with E-state index in [4.69, 9.17) is 18.9 Å². The van der Waals surface area contributed by atoms with Crippen molar-refractivity contribution in [1.29, 1.82) is 0 Å². The third kappa shape index (κ3) is 57.0. The van der Waals surface area contributed by atoms with Crippen LogP contribution in [0.5, 0.6) is 0 Å². The van der Waals surface area contributed by atoms with Crippen LogP contribution in [0.25, 0.3) is 0 Å². The quantitative estimate of drug-likeness (QED) is 0.0195. The second-order valence-electron chi connectivity index (χ2n) is 22.3. The summed E-state index contributed by atoms with van der Waals surface area (Å²) in [6, 6.07) is 0. The Hall–Kier alpha value is -2.75. The molecule has 0 aromatic rings. The van der Waals surface area contributed by atoms with Crippen LogP contribution in [0.4, 0.5) is 0 Å². The molecule has 0 amide bonds. The molecule has 0 rings (SSSR count). The number of hydrogen-bond acceptors (Lipinski definition) is 8. The molecule has 0 fully saturated rings. The number of unbranched alkanes of at least 4 members (excludes halogenated alkanes) is 35. The number of carbonyl (C=O) groups is 3. The monoisotopic (exact) mass is 1040 g/mol. The van der Waals surface area contributed by atoms with Crippen molar-refractivity contribution in [2.24, 2.45) is 0 Å². The molecular weight excluding hydrogens is 923 g/mol. The molecule has 2 unspecified atom stereocenters. The standard InChI is InChI=1S/C65H119NO8/c1-6-8-10-12-14-16-18-20-21-22-23-24-25-26-27-28-29-30-31-32-33-34-35-36-37-38-39-40-41-42-43-44-46-48-50-52-54-56-63(68)74-61(60-73-65(64(69)70)71-58-57-66(3,4)5)59-72-62(67)55-53-51-49-47-45-19-17-15-13-11-9-7-2/h15,17-18,20,22-23,25-26,61,65H,6-14,16,19,21,24,27-60H2,1-5H3/b17-15-,20-18-,23-22-,26-25-. The van der Waals surface area contributed by atoms with Crippen molar-refractivity contribution in [2.45, 2.75) is 302 Å². The average molecular weight is 1040 g/mol. The zero-order valence-electron chi connectivity index (χ0n) is 49.2. The van der Waals surface area contributed by atoms with Gasteiger partial charge in [0.2, 0.25) is 0 Å². The lowest BCUT2D eigenvalue weighted by molar-refractivity contribution is -0.870. The first-order chi connectivity index (χ1) is 36.1. The normalized spacial score (nSPS) is 13.0. The maximum atomic E-state index is 12.9. The van der Waals surface area contributed by atoms with E-state index in [1.165, 1.54) is 193 Å². The van der Waals surface area contributed by atoms with Gasteiger partial charge in [-0.1, -0.05) is 249 Å². The molecule has 9 heteroatoms. The minimum Gasteiger partial charge on any atom is -0.545 e. The molecular formula is C65H119NO8. The minimum absolute atomic E-state index is 0.148. The zero-order chi connectivity index (χ0) is 54.1. The average Bonchev–Trinajstić information content (AvgIpc) is 3.37. The Morgan fingerprint density at radius 2 is 0.730 bits per heavy atom. The van der Waals surface area contributed by atoms with Gasteiger partial charge in [0.1, 0.15) is 13.2 Å². The molecule has 0 saturated carbocycles. The smallest absolute Gasteiger partial charge is 0.306 e. The topological polar surface area (TPSA) is 111 Å². The van der Waals surface area contributed by atoms with E-state index in [-0.39, 0.29) is 38.6 Å². The summed E-state index contributed by atoms with van der Waals surface area (Å²) < 4.78 is 22.7. The van der Waals surface area contributed by atoms with Crippen molar-refractivity contribution in [3.63, 3.8) is 0 Å². The second-order valence-corrected chi connectivity index (χ2v) is 22.3. The lowest BCUT2D eigenvalue weighted by Crippen LogP contribution is -2.44. The lowest BCUT2D eigenvalue weighted by atomic mass is 10.0. The van der Waals surface area contributed by atoms with Crippen LogP contribution in [-0.4, -0.2) is 82.3 Å². The third-order valence-electron chi connectivity index (χ3n) is 13.8. The van der Waals surface area contributed by atoms with E-state index >= 15 is 0 Å². The summed E-state index contributed by atoms with van der Waals surface area (Å²) in [5, 5.41) is 11.8. The highest BCUT2D eigenvalue weighted by Gasteiger charge is 2.22. The Bertz CT molecular complexity index is 1350. The van der Waals surface area contributed by atoms with Gasteiger partial charge in [-0.05, 0) is 77.0 Å². The van der Waals surface area contributed by atoms with Crippen LogP contribution in [0, 0.1) is 0 Å². The van der Waals surface area contributed by atoms with Gasteiger partial charge in [0.15, 0.2) is 12.4 Å². The highest BCUT2D eigenvalue weighted by Crippen LogP contribution is 2.17. The Morgan fingerprint density at radius 1 is 0.405 bits per heavy atom. The predicted octanol–water partition coefficient (Wildman–Crippen LogP) is 17.3. The molecule has 0 heterocycles. The van der Waals surface area contributed by atoms with Gasteiger partial charge in [-0.2, -0.15) is 0 Å². The van der Waals surface area contributed by atoms with Crippen molar-refractivity contribution in [1.82, 2.24) is 0 Å². The Kier molecular flexibility index (Phi) is 54.4. The first-order valence-electron chi connectivity index (χ1n) is 31.3. The fourth-order valence-electron chi connectivity index (χ4n) is 8.95. The number of allylic oxidation sites excluding steroid dienone is 8. The number of aliphatic carboxylic acids is 1. The van der Waals surface area contributed by atoms with Gasteiger partial charge >= 0.3 is 11.9 Å². The van der Waals surface area contributed by atoms with E-state index in [0.29, 0.717) is 17.4 Å². The summed E-state index contributed by atoms with van der Waals surface area (Å²) in [4.78, 5) is 37.2. The predicted molar refractivity (Wildman–Crippen MR) is 311 cm³/mol. The molecule has 0 radical (unpaired) electrons. The number of quaternary nitrogens is 1. The number of rotatable bonds is 58. The van der Waals surface area contributed by atoms with Crippen molar-refractivity contribution in [2.75, 3.05) is 47.5 Å². The lowest BCUT2D eigenvalue weighted by Gasteiger charge is -2.26. The number of carbonyl (C=O) groups excluding carboxylic acids is 3. The molecule has 0 aromatic heterocycles. The van der Waals surface area contributed by atoms with Crippen molar-refractivity contribution < 1.29 is 42.9 Å². The maximum absolute atomic E-state index is 12.9. The molecule has 2 atom stereocenters. The third-order valence-corrected chi connectivity index (χ3v) is 13.8. The maximum Gasteiger partial charge on any atom is 0.306 e. The minimum atomic E-state index is -1.62. The molecule has 432 valence electrons. The van der Waals surface area contributed by atoms with Gasteiger partial charge in [0.05, 0.1) is 40.3 Å². The first-order valence-corrected chi connectivity index (χ1v) is 31.3. The summed E-state index contributed by atoms with van der Waals surface area (Å²) in [6.45, 7) is 4.72. The van der Waals surface area contributed by atoms with Crippen LogP contribution in [0.15, 0.2) is 48.6 Å². The SMILES string of the molecule is CCCCC/C=C\CCCCCCCC(=O)OCC(COC(OCC[N+](C)(C)C)C(=O)[O-])OC(=O)CCCCCCCCCCCCCCCCCCCCCCCC/C=C\C/C=C\C/C=C\CCCCCCC. The number of carboxylic acid groups (broad SMARTS) is 1. The Labute approximate surface area is 457 Å². The number of ether oxygens (including phenoxy) is 4. The second kappa shape index (κ2) is 56.5. The van der Waals surface area contributed by atoms with Gasteiger partial charge in [-0.25, -0.2) is 0 Å². The van der Waals surface area contributed by atoms with E-state index in [1.807, 2.05) is 21.1 Å². The molecule has 0 aromatic carbocycles.